The Morgan fingerprint density at radius 1 is 0.700 bits per heavy atom. The van der Waals surface area contributed by atoms with E-state index in [2.05, 4.69) is 57.1 Å². The van der Waals surface area contributed by atoms with Gasteiger partial charge in [-0.25, -0.2) is 19.9 Å². The van der Waals surface area contributed by atoms with E-state index >= 15 is 0 Å². The maximum absolute atomic E-state index is 9.98. The minimum absolute atomic E-state index is 0.420. The van der Waals surface area contributed by atoms with Crippen molar-refractivity contribution in [3.63, 3.8) is 0 Å². The number of nitrogens with one attached hydrogen (secondary N) is 1. The van der Waals surface area contributed by atoms with Gasteiger partial charge in [0.05, 0.1) is 12.2 Å². The summed E-state index contributed by atoms with van der Waals surface area (Å²) in [6.07, 6.45) is 5.36. The van der Waals surface area contributed by atoms with Gasteiger partial charge in [-0.2, -0.15) is 4.98 Å². The normalized spacial score (nSPS) is 19.5. The zero-order valence-corrected chi connectivity index (χ0v) is 22.2. The molecule has 2 aromatic heterocycles. The molecule has 0 saturated carbocycles. The maximum atomic E-state index is 9.98. The van der Waals surface area contributed by atoms with E-state index in [0.29, 0.717) is 31.4 Å². The minimum Gasteiger partial charge on any atom is -0.390 e. The Morgan fingerprint density at radius 2 is 1.40 bits per heavy atom. The van der Waals surface area contributed by atoms with Crippen LogP contribution < -0.4 is 20.0 Å². The molecule has 2 aliphatic heterocycles. The van der Waals surface area contributed by atoms with E-state index in [9.17, 15) is 10.2 Å². The average Bonchev–Trinajstić information content (AvgIpc) is 3.00. The van der Waals surface area contributed by atoms with Crippen LogP contribution in [0.3, 0.4) is 0 Å². The van der Waals surface area contributed by atoms with Crippen LogP contribution in [-0.4, -0.2) is 86.6 Å². The zero-order chi connectivity index (χ0) is 27.3. The van der Waals surface area contributed by atoms with Gasteiger partial charge in [0.1, 0.15) is 6.33 Å². The molecule has 6 rings (SSSR count). The number of hydrogen-bond donors (Lipinski definition) is 3. The van der Waals surface area contributed by atoms with Crippen molar-refractivity contribution in [2.45, 2.75) is 25.0 Å². The molecule has 0 unspecified atom stereocenters. The highest BCUT2D eigenvalue weighted by atomic mass is 16.3. The van der Waals surface area contributed by atoms with Crippen molar-refractivity contribution in [3.8, 4) is 0 Å². The minimum atomic E-state index is -0.727. The van der Waals surface area contributed by atoms with Crippen molar-refractivity contribution in [2.75, 3.05) is 59.3 Å². The Hall–Kier alpha value is -4.35. The maximum Gasteiger partial charge on any atom is 0.231 e. The molecule has 4 heterocycles. The lowest BCUT2D eigenvalue weighted by Gasteiger charge is -2.35. The van der Waals surface area contributed by atoms with E-state index in [0.717, 1.165) is 55.5 Å². The summed E-state index contributed by atoms with van der Waals surface area (Å²) in [6, 6.07) is 18.2. The van der Waals surface area contributed by atoms with Crippen molar-refractivity contribution in [2.24, 2.45) is 0 Å². The van der Waals surface area contributed by atoms with E-state index in [1.54, 1.807) is 0 Å². The lowest BCUT2D eigenvalue weighted by molar-refractivity contribution is 0.00802. The number of piperazine rings is 1. The zero-order valence-electron chi connectivity index (χ0n) is 22.2. The Bertz CT molecular complexity index is 1380. The Balaban J connectivity index is 1.03. The summed E-state index contributed by atoms with van der Waals surface area (Å²) in [6.45, 7) is 4.18. The van der Waals surface area contributed by atoms with Crippen LogP contribution in [0, 0.1) is 0 Å². The molecule has 0 spiro atoms. The monoisotopic (exact) mass is 539 g/mol. The number of aromatic nitrogens is 5. The molecule has 2 aromatic carbocycles. The molecular formula is C29H33N9O2. The van der Waals surface area contributed by atoms with Crippen LogP contribution in [0.5, 0.6) is 0 Å². The molecule has 2 aliphatic rings. The van der Waals surface area contributed by atoms with Crippen molar-refractivity contribution < 1.29 is 10.2 Å². The molecule has 40 heavy (non-hydrogen) atoms. The second kappa shape index (κ2) is 11.8. The first-order valence-electron chi connectivity index (χ1n) is 13.6. The van der Waals surface area contributed by atoms with Gasteiger partial charge in [0.25, 0.3) is 0 Å². The lowest BCUT2D eigenvalue weighted by Crippen LogP contribution is -2.47. The fourth-order valence-corrected chi connectivity index (χ4v) is 5.08. The molecule has 0 bridgehead atoms. The Kier molecular flexibility index (Phi) is 7.64. The number of aliphatic hydroxyl groups excluding tert-OH is 2. The van der Waals surface area contributed by atoms with Crippen molar-refractivity contribution in [3.05, 3.63) is 84.4 Å². The van der Waals surface area contributed by atoms with Crippen LogP contribution >= 0.6 is 0 Å². The molecule has 11 nitrogen and oxygen atoms in total. The van der Waals surface area contributed by atoms with Crippen LogP contribution in [-0.2, 0) is 6.42 Å². The molecule has 0 amide bonds. The van der Waals surface area contributed by atoms with Gasteiger partial charge < -0.3 is 30.2 Å². The average molecular weight is 540 g/mol. The number of benzene rings is 2. The molecular weight excluding hydrogens is 506 g/mol. The van der Waals surface area contributed by atoms with Crippen molar-refractivity contribution in [1.82, 2.24) is 24.9 Å². The first kappa shape index (κ1) is 25.9. The van der Waals surface area contributed by atoms with E-state index in [1.165, 1.54) is 11.9 Å². The molecule has 11 heteroatoms. The number of β-amino-alcohol motifs (C(OH)–C–C–N with tert-alkyl or cyclic N) is 1. The molecule has 2 atom stereocenters. The summed E-state index contributed by atoms with van der Waals surface area (Å²) in [5, 5.41) is 23.0. The molecule has 4 aromatic rings. The predicted molar refractivity (Wildman–Crippen MR) is 154 cm³/mol. The standard InChI is InChI=1S/C29H33N9O2/c39-25-10-11-38(19-26(25)40)24-8-6-23(7-9-24)34-27-32-20-33-29(35-27)37-14-12-36(13-15-37)28-30-17-22(18-31-28)16-21-4-2-1-3-5-21/h1-9,17-18,20,25-26,39-40H,10-16,19H2,(H,32,33,34,35)/t25-,26+/m1/s1. The third-order valence-corrected chi connectivity index (χ3v) is 7.38. The number of aliphatic hydroxyl groups is 2. The summed E-state index contributed by atoms with van der Waals surface area (Å²) >= 11 is 0. The highest BCUT2D eigenvalue weighted by molar-refractivity contribution is 5.60. The van der Waals surface area contributed by atoms with Crippen LogP contribution in [0.1, 0.15) is 17.5 Å². The second-order valence-corrected chi connectivity index (χ2v) is 10.2. The van der Waals surface area contributed by atoms with Gasteiger partial charge in [-0.15, -0.1) is 0 Å². The van der Waals surface area contributed by atoms with E-state index in [-0.39, 0.29) is 0 Å². The molecule has 0 aliphatic carbocycles. The predicted octanol–water partition coefficient (Wildman–Crippen LogP) is 2.25. The number of anilines is 5. The summed E-state index contributed by atoms with van der Waals surface area (Å²) < 4.78 is 0. The van der Waals surface area contributed by atoms with E-state index in [4.69, 9.17) is 0 Å². The van der Waals surface area contributed by atoms with E-state index < -0.39 is 12.2 Å². The van der Waals surface area contributed by atoms with E-state index in [1.807, 2.05) is 54.9 Å². The highest BCUT2D eigenvalue weighted by Gasteiger charge is 2.26. The van der Waals surface area contributed by atoms with Crippen molar-refractivity contribution >= 4 is 29.2 Å². The largest absolute Gasteiger partial charge is 0.390 e. The second-order valence-electron chi connectivity index (χ2n) is 10.2. The summed E-state index contributed by atoms with van der Waals surface area (Å²) in [5.74, 6) is 1.86. The van der Waals surface area contributed by atoms with Crippen LogP contribution in [0.4, 0.5) is 29.2 Å². The number of hydrogen-bond acceptors (Lipinski definition) is 11. The fraction of sp³-hybridized carbons (Fsp3) is 0.345. The fourth-order valence-electron chi connectivity index (χ4n) is 5.08. The van der Waals surface area contributed by atoms with Crippen LogP contribution in [0.25, 0.3) is 0 Å². The molecule has 3 N–H and O–H groups in total. The topological polar surface area (TPSA) is 127 Å². The summed E-state index contributed by atoms with van der Waals surface area (Å²) in [5.41, 5.74) is 4.20. The number of piperidine rings is 1. The molecule has 0 radical (unpaired) electrons. The molecule has 2 fully saturated rings. The quantitative estimate of drug-likeness (QED) is 0.320. The molecule has 206 valence electrons. The smallest absolute Gasteiger partial charge is 0.231 e. The SMILES string of the molecule is O[C@@H]1CCN(c2ccc(Nc3ncnc(N4CCN(c5ncc(Cc6ccccc6)cn5)CC4)n3)cc2)C[C@@H]1O. The third-order valence-electron chi connectivity index (χ3n) is 7.38. The van der Waals surface area contributed by atoms with Gasteiger partial charge in [-0.3, -0.25) is 0 Å². The number of rotatable bonds is 7. The lowest BCUT2D eigenvalue weighted by atomic mass is 10.0. The van der Waals surface area contributed by atoms with Crippen LogP contribution in [0.2, 0.25) is 0 Å². The Morgan fingerprint density at radius 3 is 2.10 bits per heavy atom. The number of nitrogens with zero attached hydrogens (tertiary/aromatic N) is 8. The first-order chi connectivity index (χ1) is 19.6. The van der Waals surface area contributed by atoms with Gasteiger partial charge >= 0.3 is 0 Å². The van der Waals surface area contributed by atoms with Gasteiger partial charge in [0.2, 0.25) is 17.8 Å². The van der Waals surface area contributed by atoms with Gasteiger partial charge in [-0.05, 0) is 41.8 Å². The third kappa shape index (κ3) is 6.11. The summed E-state index contributed by atoms with van der Waals surface area (Å²) in [7, 11) is 0. The van der Waals surface area contributed by atoms with Crippen molar-refractivity contribution in [1.29, 1.82) is 0 Å². The molecule has 2 saturated heterocycles. The first-order valence-corrected chi connectivity index (χ1v) is 13.6. The van der Waals surface area contributed by atoms with Crippen LogP contribution in [0.15, 0.2) is 73.3 Å². The van der Waals surface area contributed by atoms with Gasteiger partial charge in [0.15, 0.2) is 0 Å². The summed E-state index contributed by atoms with van der Waals surface area (Å²) in [4.78, 5) is 29.0. The highest BCUT2D eigenvalue weighted by Crippen LogP contribution is 2.24. The van der Waals surface area contributed by atoms with Gasteiger partial charge in [-0.1, -0.05) is 30.3 Å². The Labute approximate surface area is 233 Å². The van der Waals surface area contributed by atoms with Gasteiger partial charge in [0, 0.05) is 69.5 Å².